The molecule has 2 rings (SSSR count). The summed E-state index contributed by atoms with van der Waals surface area (Å²) in [6, 6.07) is 4.44. The van der Waals surface area contributed by atoms with Crippen LogP contribution in [0, 0.1) is 0 Å². The zero-order chi connectivity index (χ0) is 14.3. The summed E-state index contributed by atoms with van der Waals surface area (Å²) in [7, 11) is 0. The van der Waals surface area contributed by atoms with Gasteiger partial charge in [0, 0.05) is 5.56 Å². The zero-order valence-electron chi connectivity index (χ0n) is 9.65. The number of benzene rings is 1. The van der Waals surface area contributed by atoms with Gasteiger partial charge >= 0.3 is 12.1 Å². The number of halogens is 3. The number of hydrogen-bond donors (Lipinski definition) is 2. The molecule has 2 N–H and O–H groups in total. The molecule has 1 saturated carbocycles. The lowest BCUT2D eigenvalue weighted by Gasteiger charge is -2.26. The highest BCUT2D eigenvalue weighted by Crippen LogP contribution is 2.40. The fraction of sp³-hybridized carbons (Fsp3) is 0.417. The van der Waals surface area contributed by atoms with Gasteiger partial charge in [0.15, 0.2) is 0 Å². The van der Waals surface area contributed by atoms with E-state index in [0.717, 1.165) is 25.0 Å². The summed E-state index contributed by atoms with van der Waals surface area (Å²) in [6.45, 7) is 0. The standard InChI is InChI=1S/C12H11F3O4/c13-12(14,15)11(18,10(16)17)7-2-1-3-9(6-7)19-8-4-5-8/h1-3,6,8,18H,4-5H2,(H,16,17)/t11-/m1/s1. The molecule has 0 spiro atoms. The topological polar surface area (TPSA) is 66.8 Å². The number of hydrogen-bond acceptors (Lipinski definition) is 3. The number of ether oxygens (including phenoxy) is 1. The average molecular weight is 276 g/mol. The van der Waals surface area contributed by atoms with E-state index in [4.69, 9.17) is 9.84 Å². The Morgan fingerprint density at radius 1 is 1.32 bits per heavy atom. The largest absolute Gasteiger partial charge is 0.490 e. The van der Waals surface area contributed by atoms with Crippen LogP contribution in [0.3, 0.4) is 0 Å². The van der Waals surface area contributed by atoms with Crippen molar-refractivity contribution in [3.05, 3.63) is 29.8 Å². The van der Waals surface area contributed by atoms with Gasteiger partial charge in [-0.15, -0.1) is 0 Å². The molecule has 104 valence electrons. The lowest BCUT2D eigenvalue weighted by molar-refractivity contribution is -0.265. The smallest absolute Gasteiger partial charge is 0.432 e. The Hall–Kier alpha value is -1.76. The summed E-state index contributed by atoms with van der Waals surface area (Å²) in [4.78, 5) is 10.8. The van der Waals surface area contributed by atoms with Crippen LogP contribution in [0.1, 0.15) is 18.4 Å². The summed E-state index contributed by atoms with van der Waals surface area (Å²) < 4.78 is 43.6. The van der Waals surface area contributed by atoms with Crippen molar-refractivity contribution in [2.75, 3.05) is 0 Å². The molecule has 0 amide bonds. The van der Waals surface area contributed by atoms with E-state index in [-0.39, 0.29) is 11.9 Å². The van der Waals surface area contributed by atoms with Crippen molar-refractivity contribution in [2.45, 2.75) is 30.7 Å². The summed E-state index contributed by atoms with van der Waals surface area (Å²) in [5, 5.41) is 18.2. The molecule has 0 aliphatic heterocycles. The van der Waals surface area contributed by atoms with Gasteiger partial charge in [-0.3, -0.25) is 0 Å². The van der Waals surface area contributed by atoms with Crippen LogP contribution >= 0.6 is 0 Å². The fourth-order valence-corrected chi connectivity index (χ4v) is 1.58. The van der Waals surface area contributed by atoms with Crippen LogP contribution in [0.4, 0.5) is 13.2 Å². The minimum absolute atomic E-state index is 0.0425. The van der Waals surface area contributed by atoms with E-state index < -0.39 is 23.3 Å². The second-order valence-corrected chi connectivity index (χ2v) is 4.36. The van der Waals surface area contributed by atoms with Gasteiger partial charge < -0.3 is 14.9 Å². The number of carbonyl (C=O) groups is 1. The van der Waals surface area contributed by atoms with E-state index in [1.165, 1.54) is 12.1 Å². The first-order valence-corrected chi connectivity index (χ1v) is 5.55. The summed E-state index contributed by atoms with van der Waals surface area (Å²) in [6.07, 6.45) is -3.74. The number of carboxylic acids is 1. The molecule has 1 aromatic carbocycles. The fourth-order valence-electron chi connectivity index (χ4n) is 1.58. The van der Waals surface area contributed by atoms with Crippen LogP contribution in [0.25, 0.3) is 0 Å². The number of aliphatic carboxylic acids is 1. The molecule has 1 aromatic rings. The van der Waals surface area contributed by atoms with Crippen molar-refractivity contribution in [1.29, 1.82) is 0 Å². The molecule has 1 atom stereocenters. The lowest BCUT2D eigenvalue weighted by Crippen LogP contribution is -2.49. The molecule has 19 heavy (non-hydrogen) atoms. The molecule has 0 bridgehead atoms. The molecule has 0 radical (unpaired) electrons. The first kappa shape index (κ1) is 13.7. The van der Waals surface area contributed by atoms with Crippen molar-refractivity contribution in [2.24, 2.45) is 0 Å². The highest BCUT2D eigenvalue weighted by Gasteiger charge is 2.61. The minimum Gasteiger partial charge on any atom is -0.490 e. The van der Waals surface area contributed by atoms with Crippen molar-refractivity contribution in [3.63, 3.8) is 0 Å². The molecule has 0 saturated heterocycles. The lowest BCUT2D eigenvalue weighted by atomic mass is 9.93. The van der Waals surface area contributed by atoms with Gasteiger partial charge in [-0.2, -0.15) is 13.2 Å². The Morgan fingerprint density at radius 2 is 1.95 bits per heavy atom. The Bertz CT molecular complexity index is 496. The molecule has 1 aliphatic rings. The van der Waals surface area contributed by atoms with E-state index in [1.54, 1.807) is 0 Å². The van der Waals surface area contributed by atoms with Gasteiger partial charge in [-0.05, 0) is 25.0 Å². The summed E-state index contributed by atoms with van der Waals surface area (Å²) >= 11 is 0. The Kier molecular flexibility index (Phi) is 3.17. The van der Waals surface area contributed by atoms with Gasteiger partial charge in [0.1, 0.15) is 5.75 Å². The van der Waals surface area contributed by atoms with Crippen LogP contribution in [-0.2, 0) is 10.4 Å². The Morgan fingerprint density at radius 3 is 2.42 bits per heavy atom. The molecular weight excluding hydrogens is 265 g/mol. The van der Waals surface area contributed by atoms with Gasteiger partial charge in [0.05, 0.1) is 6.10 Å². The number of carboxylic acid groups (broad SMARTS) is 1. The maximum Gasteiger partial charge on any atom is 0.432 e. The monoisotopic (exact) mass is 276 g/mol. The van der Waals surface area contributed by atoms with Crippen molar-refractivity contribution < 1.29 is 32.9 Å². The van der Waals surface area contributed by atoms with E-state index >= 15 is 0 Å². The van der Waals surface area contributed by atoms with E-state index in [1.807, 2.05) is 0 Å². The van der Waals surface area contributed by atoms with E-state index in [0.29, 0.717) is 0 Å². The van der Waals surface area contributed by atoms with Gasteiger partial charge in [-0.25, -0.2) is 4.79 Å². The maximum absolute atomic E-state index is 12.8. The molecular formula is C12H11F3O4. The Labute approximate surface area is 106 Å². The van der Waals surface area contributed by atoms with Crippen molar-refractivity contribution in [3.8, 4) is 5.75 Å². The Balaban J connectivity index is 2.39. The quantitative estimate of drug-likeness (QED) is 0.883. The second-order valence-electron chi connectivity index (χ2n) is 4.36. The van der Waals surface area contributed by atoms with Crippen LogP contribution < -0.4 is 4.74 Å². The van der Waals surface area contributed by atoms with Crippen molar-refractivity contribution in [1.82, 2.24) is 0 Å². The zero-order valence-corrected chi connectivity index (χ0v) is 9.65. The van der Waals surface area contributed by atoms with Gasteiger partial charge in [0.25, 0.3) is 5.60 Å². The first-order valence-electron chi connectivity index (χ1n) is 5.55. The van der Waals surface area contributed by atoms with Crippen LogP contribution in [-0.4, -0.2) is 28.5 Å². The van der Waals surface area contributed by atoms with E-state index in [2.05, 4.69) is 0 Å². The third kappa shape index (κ3) is 2.51. The minimum atomic E-state index is -5.32. The molecule has 0 heterocycles. The summed E-state index contributed by atoms with van der Waals surface area (Å²) in [5.41, 5.74) is -4.71. The second kappa shape index (κ2) is 4.41. The number of aliphatic hydroxyl groups is 1. The van der Waals surface area contributed by atoms with Crippen LogP contribution in [0.15, 0.2) is 24.3 Å². The third-order valence-electron chi connectivity index (χ3n) is 2.80. The van der Waals surface area contributed by atoms with Crippen LogP contribution in [0.5, 0.6) is 5.75 Å². The predicted molar refractivity (Wildman–Crippen MR) is 57.7 cm³/mol. The SMILES string of the molecule is O=C(O)[C@](O)(c1cccc(OC2CC2)c1)C(F)(F)F. The number of alkyl halides is 3. The maximum atomic E-state index is 12.8. The highest BCUT2D eigenvalue weighted by atomic mass is 19.4. The molecule has 4 nitrogen and oxygen atoms in total. The summed E-state index contributed by atoms with van der Waals surface area (Å²) in [5.74, 6) is -2.26. The van der Waals surface area contributed by atoms with Gasteiger partial charge in [0.2, 0.25) is 0 Å². The molecule has 0 aromatic heterocycles. The van der Waals surface area contributed by atoms with E-state index in [9.17, 15) is 23.1 Å². The first-order chi connectivity index (χ1) is 8.75. The van der Waals surface area contributed by atoms with Crippen molar-refractivity contribution >= 4 is 5.97 Å². The predicted octanol–water partition coefficient (Wildman–Crippen LogP) is 2.06. The third-order valence-corrected chi connectivity index (χ3v) is 2.80. The van der Waals surface area contributed by atoms with Gasteiger partial charge in [-0.1, -0.05) is 12.1 Å². The molecule has 7 heteroatoms. The molecule has 1 aliphatic carbocycles. The highest BCUT2D eigenvalue weighted by molar-refractivity contribution is 5.80. The van der Waals surface area contributed by atoms with Crippen LogP contribution in [0.2, 0.25) is 0 Å². The normalized spacial score (nSPS) is 18.7. The number of rotatable bonds is 4. The molecule has 1 fully saturated rings. The molecule has 0 unspecified atom stereocenters. The average Bonchev–Trinajstić information content (AvgIpc) is 3.10.